The fourth-order valence-corrected chi connectivity index (χ4v) is 7.17. The van der Waals surface area contributed by atoms with Crippen molar-refractivity contribution in [2.45, 2.75) is 51.6 Å². The van der Waals surface area contributed by atoms with Crippen molar-refractivity contribution >= 4 is 23.1 Å². The van der Waals surface area contributed by atoms with E-state index in [0.717, 1.165) is 30.5 Å². The van der Waals surface area contributed by atoms with Gasteiger partial charge in [0.15, 0.2) is 0 Å². The number of nitrogens with one attached hydrogen (secondary N) is 1. The molecule has 2 amide bonds. The number of benzene rings is 2. The second-order valence-electron chi connectivity index (χ2n) is 9.92. The summed E-state index contributed by atoms with van der Waals surface area (Å²) >= 11 is 1.90. The van der Waals surface area contributed by atoms with Gasteiger partial charge in [-0.05, 0) is 73.1 Å². The number of anilines is 1. The summed E-state index contributed by atoms with van der Waals surface area (Å²) in [5, 5.41) is 4.41. The van der Waals surface area contributed by atoms with Crippen molar-refractivity contribution in [3.8, 4) is 16.5 Å². The maximum absolute atomic E-state index is 14.2. The first-order valence-electron chi connectivity index (χ1n) is 13.3. The number of urea groups is 1. The molecule has 1 N–H and O–H groups in total. The van der Waals surface area contributed by atoms with E-state index in [1.54, 1.807) is 20.3 Å². The van der Waals surface area contributed by atoms with Gasteiger partial charge in [-0.1, -0.05) is 31.2 Å². The fraction of sp³-hybridized carbons (Fsp3) is 0.323. The molecule has 38 heavy (non-hydrogen) atoms. The molecule has 2 aromatic carbocycles. The maximum Gasteiger partial charge on any atom is 0.323 e. The molecular formula is C31H33N3O3S. The minimum absolute atomic E-state index is 0.158. The van der Waals surface area contributed by atoms with E-state index in [1.165, 1.54) is 39.4 Å². The first kappa shape index (κ1) is 24.6. The van der Waals surface area contributed by atoms with E-state index in [9.17, 15) is 4.79 Å². The lowest BCUT2D eigenvalue weighted by Gasteiger charge is -2.31. The molecule has 0 saturated heterocycles. The van der Waals surface area contributed by atoms with Crippen LogP contribution in [0, 0.1) is 0 Å². The van der Waals surface area contributed by atoms with Crippen molar-refractivity contribution in [2.75, 3.05) is 19.5 Å². The zero-order valence-electron chi connectivity index (χ0n) is 22.1. The molecule has 2 aromatic heterocycles. The Bertz CT molecular complexity index is 1470. The van der Waals surface area contributed by atoms with Crippen LogP contribution in [0.15, 0.2) is 60.8 Å². The SMILES string of the molecule is CCc1ccc([C@H]2c3cccn3-c3sc4c(c3CN2C(=O)Nc2ccc(OC)cc2OC)CCCC4)cc1. The Morgan fingerprint density at radius 2 is 1.84 bits per heavy atom. The molecule has 6 rings (SSSR count). The second-order valence-corrected chi connectivity index (χ2v) is 11.0. The van der Waals surface area contributed by atoms with Crippen LogP contribution in [0.5, 0.6) is 11.5 Å². The number of hydrogen-bond donors (Lipinski definition) is 1. The molecule has 1 atom stereocenters. The molecule has 1 aliphatic carbocycles. The van der Waals surface area contributed by atoms with Gasteiger partial charge in [0.2, 0.25) is 0 Å². The first-order chi connectivity index (χ1) is 18.6. The number of fused-ring (bicyclic) bond motifs is 5. The highest BCUT2D eigenvalue weighted by Crippen LogP contribution is 2.44. The van der Waals surface area contributed by atoms with Crippen LogP contribution in [0.3, 0.4) is 0 Å². The van der Waals surface area contributed by atoms with Crippen LogP contribution in [0.2, 0.25) is 0 Å². The number of rotatable bonds is 5. The van der Waals surface area contributed by atoms with E-state index in [1.807, 2.05) is 28.4 Å². The lowest BCUT2D eigenvalue weighted by atomic mass is 9.95. The zero-order valence-corrected chi connectivity index (χ0v) is 22.9. The Hall–Kier alpha value is -3.71. The number of aromatic nitrogens is 1. The molecule has 196 valence electrons. The summed E-state index contributed by atoms with van der Waals surface area (Å²) in [6.07, 6.45) is 7.77. The fourth-order valence-electron chi connectivity index (χ4n) is 5.76. The molecule has 1 aliphatic heterocycles. The predicted octanol–water partition coefficient (Wildman–Crippen LogP) is 7.13. The second kappa shape index (κ2) is 10.2. The van der Waals surface area contributed by atoms with E-state index < -0.39 is 0 Å². The van der Waals surface area contributed by atoms with Crippen LogP contribution in [-0.4, -0.2) is 29.7 Å². The van der Waals surface area contributed by atoms with Gasteiger partial charge < -0.3 is 24.3 Å². The normalized spacial score (nSPS) is 16.2. The third-order valence-corrected chi connectivity index (χ3v) is 9.13. The zero-order chi connectivity index (χ0) is 26.2. The number of ether oxygens (including phenoxy) is 2. The summed E-state index contributed by atoms with van der Waals surface area (Å²) in [4.78, 5) is 17.7. The molecular weight excluding hydrogens is 494 g/mol. The smallest absolute Gasteiger partial charge is 0.323 e. The molecule has 0 saturated carbocycles. The van der Waals surface area contributed by atoms with Crippen molar-refractivity contribution in [3.63, 3.8) is 0 Å². The molecule has 0 unspecified atom stereocenters. The average Bonchev–Trinajstić information content (AvgIpc) is 3.55. The van der Waals surface area contributed by atoms with Crippen molar-refractivity contribution in [2.24, 2.45) is 0 Å². The Balaban J connectivity index is 1.47. The summed E-state index contributed by atoms with van der Waals surface area (Å²) < 4.78 is 13.3. The van der Waals surface area contributed by atoms with Gasteiger partial charge in [-0.3, -0.25) is 0 Å². The van der Waals surface area contributed by atoms with Crippen molar-refractivity contribution in [1.82, 2.24) is 9.47 Å². The first-order valence-corrected chi connectivity index (χ1v) is 14.1. The minimum atomic E-state index is -0.237. The van der Waals surface area contributed by atoms with Gasteiger partial charge in [0.1, 0.15) is 16.5 Å². The number of aryl methyl sites for hydroxylation is 2. The number of carbonyl (C=O) groups is 1. The molecule has 6 nitrogen and oxygen atoms in total. The lowest BCUT2D eigenvalue weighted by Crippen LogP contribution is -2.38. The summed E-state index contributed by atoms with van der Waals surface area (Å²) in [6.45, 7) is 2.71. The monoisotopic (exact) mass is 527 g/mol. The van der Waals surface area contributed by atoms with E-state index in [-0.39, 0.29) is 12.1 Å². The van der Waals surface area contributed by atoms with Crippen LogP contribution in [-0.2, 0) is 25.8 Å². The van der Waals surface area contributed by atoms with Crippen LogP contribution in [0.25, 0.3) is 5.00 Å². The van der Waals surface area contributed by atoms with Crippen molar-refractivity contribution < 1.29 is 14.3 Å². The minimum Gasteiger partial charge on any atom is -0.497 e. The molecule has 0 radical (unpaired) electrons. The quantitative estimate of drug-likeness (QED) is 0.300. The van der Waals surface area contributed by atoms with Gasteiger partial charge in [0.05, 0.1) is 38.2 Å². The largest absolute Gasteiger partial charge is 0.497 e. The van der Waals surface area contributed by atoms with Crippen LogP contribution >= 0.6 is 11.3 Å². The average molecular weight is 528 g/mol. The molecule has 3 heterocycles. The third-order valence-electron chi connectivity index (χ3n) is 7.79. The Labute approximate surface area is 227 Å². The van der Waals surface area contributed by atoms with Gasteiger partial charge in [0, 0.05) is 22.7 Å². The van der Waals surface area contributed by atoms with E-state index in [0.29, 0.717) is 23.7 Å². The highest BCUT2D eigenvalue weighted by Gasteiger charge is 2.36. The number of carbonyl (C=O) groups excluding carboxylic acids is 1. The molecule has 7 heteroatoms. The Morgan fingerprint density at radius 3 is 2.61 bits per heavy atom. The van der Waals surface area contributed by atoms with Gasteiger partial charge in [-0.25, -0.2) is 4.79 Å². The van der Waals surface area contributed by atoms with E-state index >= 15 is 0 Å². The Morgan fingerprint density at radius 1 is 1.03 bits per heavy atom. The number of nitrogens with zero attached hydrogens (tertiary/aromatic N) is 2. The van der Waals surface area contributed by atoms with Crippen LogP contribution < -0.4 is 14.8 Å². The van der Waals surface area contributed by atoms with Gasteiger partial charge in [-0.15, -0.1) is 11.3 Å². The summed E-state index contributed by atoms with van der Waals surface area (Å²) in [6, 6.07) is 18.0. The number of thiophene rings is 1. The topological polar surface area (TPSA) is 55.7 Å². The highest BCUT2D eigenvalue weighted by molar-refractivity contribution is 7.15. The van der Waals surface area contributed by atoms with Crippen molar-refractivity contribution in [1.29, 1.82) is 0 Å². The summed E-state index contributed by atoms with van der Waals surface area (Å²) in [7, 11) is 3.22. The number of amides is 2. The summed E-state index contributed by atoms with van der Waals surface area (Å²) in [5.74, 6) is 1.24. The van der Waals surface area contributed by atoms with Crippen molar-refractivity contribution in [3.05, 3.63) is 93.6 Å². The van der Waals surface area contributed by atoms with Crippen LogP contribution in [0.4, 0.5) is 10.5 Å². The maximum atomic E-state index is 14.2. The van der Waals surface area contributed by atoms with E-state index in [4.69, 9.17) is 9.47 Å². The predicted molar refractivity (Wildman–Crippen MR) is 152 cm³/mol. The number of hydrogen-bond acceptors (Lipinski definition) is 4. The van der Waals surface area contributed by atoms with E-state index in [2.05, 4.69) is 59.4 Å². The highest BCUT2D eigenvalue weighted by atomic mass is 32.1. The molecule has 0 fully saturated rings. The van der Waals surface area contributed by atoms with Crippen LogP contribution in [0.1, 0.15) is 58.6 Å². The Kier molecular flexibility index (Phi) is 6.62. The molecule has 2 aliphatic rings. The van der Waals surface area contributed by atoms with Gasteiger partial charge >= 0.3 is 6.03 Å². The molecule has 4 aromatic rings. The van der Waals surface area contributed by atoms with Gasteiger partial charge in [0.25, 0.3) is 0 Å². The number of methoxy groups -OCH3 is 2. The lowest BCUT2D eigenvalue weighted by molar-refractivity contribution is 0.194. The molecule has 0 spiro atoms. The third kappa shape index (κ3) is 4.25. The molecule has 0 bridgehead atoms. The summed E-state index contributed by atoms with van der Waals surface area (Å²) in [5.41, 5.74) is 6.83. The van der Waals surface area contributed by atoms with Gasteiger partial charge in [-0.2, -0.15) is 0 Å². The standard InChI is InChI=1S/C31H33N3O3S/c1-4-20-11-13-21(14-12-20)29-26-9-7-17-33(26)30-24(23-8-5-6-10-28(23)38-30)19-34(29)31(35)32-25-16-15-22(36-2)18-27(25)37-3/h7,9,11-18,29H,4-6,8,10,19H2,1-3H3,(H,32,35)/t29-/m0/s1.